The molecular formula is C22H35N3O4. The number of carbonyl (C=O) groups is 2. The van der Waals surface area contributed by atoms with Crippen molar-refractivity contribution < 1.29 is 19.1 Å². The van der Waals surface area contributed by atoms with Crippen molar-refractivity contribution in [1.29, 1.82) is 0 Å². The van der Waals surface area contributed by atoms with Crippen LogP contribution in [0.5, 0.6) is 0 Å². The number of ketones is 1. The molecular weight excluding hydrogens is 370 g/mol. The Kier molecular flexibility index (Phi) is 7.86. The number of likely N-dealkylation sites (tertiary alicyclic amines) is 1. The van der Waals surface area contributed by atoms with Crippen molar-refractivity contribution in [3.05, 3.63) is 22.5 Å². The van der Waals surface area contributed by atoms with E-state index in [0.29, 0.717) is 30.0 Å². The lowest BCUT2D eigenvalue weighted by Gasteiger charge is -2.33. The zero-order valence-electron chi connectivity index (χ0n) is 18.1. The second kappa shape index (κ2) is 10.4. The molecule has 0 atom stereocenters. The molecule has 0 unspecified atom stereocenters. The first kappa shape index (κ1) is 22.0. The second-order valence-corrected chi connectivity index (χ2v) is 8.23. The summed E-state index contributed by atoms with van der Waals surface area (Å²) in [6.07, 6.45) is 3.54. The molecule has 0 bridgehead atoms. The van der Waals surface area contributed by atoms with Crippen molar-refractivity contribution in [2.75, 3.05) is 59.1 Å². The van der Waals surface area contributed by atoms with Crippen molar-refractivity contribution in [3.8, 4) is 0 Å². The van der Waals surface area contributed by atoms with Gasteiger partial charge in [0.1, 0.15) is 5.69 Å². The van der Waals surface area contributed by atoms with Crippen LogP contribution in [0.2, 0.25) is 0 Å². The molecule has 0 radical (unpaired) electrons. The van der Waals surface area contributed by atoms with Gasteiger partial charge in [-0.15, -0.1) is 0 Å². The molecule has 1 aromatic heterocycles. The monoisotopic (exact) mass is 405 g/mol. The van der Waals surface area contributed by atoms with E-state index in [4.69, 9.17) is 9.47 Å². The van der Waals surface area contributed by atoms with Crippen molar-refractivity contribution >= 4 is 11.8 Å². The lowest BCUT2D eigenvalue weighted by molar-refractivity contribution is 0.0335. The predicted molar refractivity (Wildman–Crippen MR) is 112 cm³/mol. The van der Waals surface area contributed by atoms with E-state index in [1.54, 1.807) is 6.92 Å². The van der Waals surface area contributed by atoms with Gasteiger partial charge in [-0.25, -0.2) is 4.79 Å². The quantitative estimate of drug-likeness (QED) is 0.529. The standard InChI is InChI=1S/C22H35N3O4/c1-4-29-22(27)21-16(2)20(17(3)23-21)19(26)15-25-9-6-18(7-10-25)5-8-24-11-13-28-14-12-24/h18,23H,4-15H2,1-3H3. The molecule has 0 amide bonds. The number of aryl methyl sites for hydroxylation is 1. The molecule has 1 aromatic rings. The van der Waals surface area contributed by atoms with Crippen LogP contribution in [0, 0.1) is 19.8 Å². The zero-order valence-corrected chi connectivity index (χ0v) is 18.1. The van der Waals surface area contributed by atoms with E-state index in [9.17, 15) is 9.59 Å². The average Bonchev–Trinajstić information content (AvgIpc) is 3.02. The minimum Gasteiger partial charge on any atom is -0.461 e. The number of esters is 1. The average molecular weight is 406 g/mol. The molecule has 2 fully saturated rings. The highest BCUT2D eigenvalue weighted by molar-refractivity contribution is 6.03. The molecule has 2 aliphatic rings. The Hall–Kier alpha value is -1.70. The normalized spacial score (nSPS) is 19.4. The van der Waals surface area contributed by atoms with Gasteiger partial charge in [-0.1, -0.05) is 0 Å². The van der Waals surface area contributed by atoms with Crippen LogP contribution < -0.4 is 0 Å². The molecule has 2 aliphatic heterocycles. The predicted octanol–water partition coefficient (Wildman–Crippen LogP) is 2.43. The molecule has 0 aromatic carbocycles. The number of nitrogens with zero attached hydrogens (tertiary/aromatic N) is 2. The second-order valence-electron chi connectivity index (χ2n) is 8.23. The summed E-state index contributed by atoms with van der Waals surface area (Å²) >= 11 is 0. The third kappa shape index (κ3) is 5.68. The summed E-state index contributed by atoms with van der Waals surface area (Å²) in [6, 6.07) is 0. The summed E-state index contributed by atoms with van der Waals surface area (Å²) < 4.78 is 10.5. The highest BCUT2D eigenvalue weighted by atomic mass is 16.5. The fourth-order valence-corrected chi connectivity index (χ4v) is 4.48. The summed E-state index contributed by atoms with van der Waals surface area (Å²) in [6.45, 7) is 13.1. The minimum atomic E-state index is -0.395. The van der Waals surface area contributed by atoms with Gasteiger partial charge >= 0.3 is 5.97 Å². The molecule has 0 aliphatic carbocycles. The first-order valence-corrected chi connectivity index (χ1v) is 10.9. The maximum absolute atomic E-state index is 12.9. The van der Waals surface area contributed by atoms with E-state index < -0.39 is 5.97 Å². The number of Topliss-reactive ketones (excluding diaryl/α,β-unsaturated/α-hetero) is 1. The smallest absolute Gasteiger partial charge is 0.355 e. The molecule has 1 N–H and O–H groups in total. The molecule has 162 valence electrons. The van der Waals surface area contributed by atoms with Gasteiger partial charge in [-0.3, -0.25) is 14.6 Å². The number of piperidine rings is 1. The molecule has 2 saturated heterocycles. The van der Waals surface area contributed by atoms with Crippen molar-refractivity contribution in [2.24, 2.45) is 5.92 Å². The Morgan fingerprint density at radius 2 is 1.79 bits per heavy atom. The van der Waals surface area contributed by atoms with Gasteiger partial charge in [0.15, 0.2) is 5.78 Å². The maximum atomic E-state index is 12.9. The Balaban J connectivity index is 1.48. The first-order valence-electron chi connectivity index (χ1n) is 10.9. The fourth-order valence-electron chi connectivity index (χ4n) is 4.48. The SMILES string of the molecule is CCOC(=O)c1[nH]c(C)c(C(=O)CN2CCC(CCN3CCOCC3)CC2)c1C. The molecule has 0 spiro atoms. The topological polar surface area (TPSA) is 74.9 Å². The number of aromatic amines is 1. The molecule has 29 heavy (non-hydrogen) atoms. The van der Waals surface area contributed by atoms with Crippen LogP contribution in [0.3, 0.4) is 0 Å². The van der Waals surface area contributed by atoms with E-state index in [1.807, 2.05) is 13.8 Å². The summed E-state index contributed by atoms with van der Waals surface area (Å²) in [5.41, 5.74) is 2.49. The van der Waals surface area contributed by atoms with Gasteiger partial charge in [-0.05, 0) is 71.1 Å². The van der Waals surface area contributed by atoms with E-state index in [2.05, 4.69) is 14.8 Å². The number of H-pyrrole nitrogens is 1. The van der Waals surface area contributed by atoms with E-state index >= 15 is 0 Å². The van der Waals surface area contributed by atoms with Gasteiger partial charge < -0.3 is 14.5 Å². The molecule has 7 nitrogen and oxygen atoms in total. The Labute approximate surface area is 173 Å². The lowest BCUT2D eigenvalue weighted by Crippen LogP contribution is -2.40. The van der Waals surface area contributed by atoms with E-state index in [1.165, 1.54) is 6.42 Å². The fraction of sp³-hybridized carbons (Fsp3) is 0.727. The molecule has 0 saturated carbocycles. The Morgan fingerprint density at radius 3 is 2.45 bits per heavy atom. The van der Waals surface area contributed by atoms with Crippen molar-refractivity contribution in [2.45, 2.75) is 40.0 Å². The number of nitrogens with one attached hydrogen (secondary N) is 1. The van der Waals surface area contributed by atoms with Crippen LogP contribution in [0.15, 0.2) is 0 Å². The van der Waals surface area contributed by atoms with Crippen LogP contribution in [-0.2, 0) is 9.47 Å². The Morgan fingerprint density at radius 1 is 1.10 bits per heavy atom. The van der Waals surface area contributed by atoms with Gasteiger partial charge in [-0.2, -0.15) is 0 Å². The molecule has 3 rings (SSSR count). The van der Waals surface area contributed by atoms with Gasteiger partial charge in [0.05, 0.1) is 26.4 Å². The summed E-state index contributed by atoms with van der Waals surface area (Å²) in [5, 5.41) is 0. The number of aromatic nitrogens is 1. The molecule has 7 heteroatoms. The van der Waals surface area contributed by atoms with Crippen LogP contribution >= 0.6 is 0 Å². The van der Waals surface area contributed by atoms with Gasteiger partial charge in [0, 0.05) is 24.3 Å². The van der Waals surface area contributed by atoms with Crippen molar-refractivity contribution in [1.82, 2.24) is 14.8 Å². The van der Waals surface area contributed by atoms with E-state index in [-0.39, 0.29) is 5.78 Å². The largest absolute Gasteiger partial charge is 0.461 e. The van der Waals surface area contributed by atoms with Crippen LogP contribution in [0.4, 0.5) is 0 Å². The Bertz CT molecular complexity index is 701. The van der Waals surface area contributed by atoms with Crippen LogP contribution in [0.25, 0.3) is 0 Å². The maximum Gasteiger partial charge on any atom is 0.355 e. The minimum absolute atomic E-state index is 0.0820. The third-order valence-corrected chi connectivity index (χ3v) is 6.23. The number of ether oxygens (including phenoxy) is 2. The molecule has 3 heterocycles. The number of rotatable bonds is 8. The summed E-state index contributed by atoms with van der Waals surface area (Å²) in [7, 11) is 0. The number of morpholine rings is 1. The van der Waals surface area contributed by atoms with E-state index in [0.717, 1.165) is 70.4 Å². The zero-order chi connectivity index (χ0) is 20.8. The number of hydrogen-bond donors (Lipinski definition) is 1. The first-order chi connectivity index (χ1) is 14.0. The number of hydrogen-bond acceptors (Lipinski definition) is 6. The number of carbonyl (C=O) groups excluding carboxylic acids is 2. The third-order valence-electron chi connectivity index (χ3n) is 6.23. The highest BCUT2D eigenvalue weighted by Gasteiger charge is 2.26. The van der Waals surface area contributed by atoms with Crippen molar-refractivity contribution in [3.63, 3.8) is 0 Å². The van der Waals surface area contributed by atoms with Crippen LogP contribution in [-0.4, -0.2) is 85.6 Å². The van der Waals surface area contributed by atoms with Crippen LogP contribution in [0.1, 0.15) is 58.3 Å². The van der Waals surface area contributed by atoms with Gasteiger partial charge in [0.25, 0.3) is 0 Å². The van der Waals surface area contributed by atoms with Gasteiger partial charge in [0.2, 0.25) is 0 Å². The summed E-state index contributed by atoms with van der Waals surface area (Å²) in [5.74, 6) is 0.433. The highest BCUT2D eigenvalue weighted by Crippen LogP contribution is 2.23. The summed E-state index contributed by atoms with van der Waals surface area (Å²) in [4.78, 5) is 32.8. The lowest BCUT2D eigenvalue weighted by atomic mass is 9.93.